The summed E-state index contributed by atoms with van der Waals surface area (Å²) in [7, 11) is 0. The summed E-state index contributed by atoms with van der Waals surface area (Å²) >= 11 is 5.66. The molecule has 4 saturated carbocycles. The Labute approximate surface area is 229 Å². The Balaban J connectivity index is 1.26. The lowest BCUT2D eigenvalue weighted by molar-refractivity contribution is -0.543. The van der Waals surface area contributed by atoms with Gasteiger partial charge in [-0.15, -0.1) is 0 Å². The van der Waals surface area contributed by atoms with E-state index in [4.69, 9.17) is 40.6 Å². The average Bonchev–Trinajstić information content (AvgIpc) is 3.60. The Kier molecular flexibility index (Phi) is 4.71. The zero-order valence-corrected chi connectivity index (χ0v) is 23.4. The van der Waals surface area contributed by atoms with Crippen molar-refractivity contribution in [3.8, 4) is 5.75 Å². The summed E-state index contributed by atoms with van der Waals surface area (Å²) in [5.74, 6) is -0.966. The van der Waals surface area contributed by atoms with Crippen LogP contribution in [0.3, 0.4) is 0 Å². The van der Waals surface area contributed by atoms with Crippen molar-refractivity contribution in [3.05, 3.63) is 30.3 Å². The minimum absolute atomic E-state index is 0.0829. The number of hydrogen-bond donors (Lipinski definition) is 1. The van der Waals surface area contributed by atoms with Crippen molar-refractivity contribution in [2.45, 2.75) is 95.3 Å². The lowest BCUT2D eigenvalue weighted by atomic mass is 9.35. The first-order valence-corrected chi connectivity index (χ1v) is 14.7. The second kappa shape index (κ2) is 7.31. The van der Waals surface area contributed by atoms with Gasteiger partial charge in [-0.1, -0.05) is 32.0 Å². The summed E-state index contributed by atoms with van der Waals surface area (Å²) in [5.41, 5.74) is -1.29. The zero-order valence-electron chi connectivity index (χ0n) is 22.6. The van der Waals surface area contributed by atoms with Crippen LogP contribution in [0.15, 0.2) is 30.3 Å². The highest BCUT2D eigenvalue weighted by Gasteiger charge is 2.90. The fourth-order valence-electron chi connectivity index (χ4n) is 10.6. The summed E-state index contributed by atoms with van der Waals surface area (Å²) in [6.07, 6.45) is 3.40. The normalized spacial score (nSPS) is 52.1. The topological polar surface area (TPSA) is 78.9 Å². The molecule has 1 N–H and O–H groups in total. The molecule has 4 aliphatic heterocycles. The van der Waals surface area contributed by atoms with E-state index in [1.165, 1.54) is 0 Å². The second-order valence-corrected chi connectivity index (χ2v) is 14.5. The van der Waals surface area contributed by atoms with Crippen LogP contribution < -0.4 is 4.74 Å². The molecule has 4 spiro atoms. The van der Waals surface area contributed by atoms with Crippen LogP contribution in [0.25, 0.3) is 0 Å². The standard InChI is InChI=1S/C30H38O7S/c1-25(2)13-12-20(35-24(38)34-17-8-6-5-7-9-17)28-16-33-30(22(31)21(25)28)29-14-27(15-32-27)18(10-11-19(28)29)23(29)36-26(3,4)37-30/h5-9,18-23,31H,10-16H2,1-4H3/t18-,19?,20+,21?,22+,23?,27?,28-,29-,30+/m1/s1. The summed E-state index contributed by atoms with van der Waals surface area (Å²) in [6, 6.07) is 9.53. The minimum atomic E-state index is -1.13. The molecular formula is C30H38O7S. The molecule has 9 rings (SSSR count). The first kappa shape index (κ1) is 24.5. The van der Waals surface area contributed by atoms with Crippen LogP contribution in [0.2, 0.25) is 0 Å². The van der Waals surface area contributed by atoms with E-state index >= 15 is 0 Å². The molecule has 0 amide bonds. The molecule has 10 atom stereocenters. The number of rotatable bonds is 2. The molecule has 8 aliphatic rings. The van der Waals surface area contributed by atoms with Gasteiger partial charge >= 0.3 is 5.24 Å². The molecule has 4 unspecified atom stereocenters. The number of aliphatic hydroxyl groups excluding tert-OH is 1. The third-order valence-corrected chi connectivity index (χ3v) is 11.8. The fourth-order valence-corrected chi connectivity index (χ4v) is 10.8. The van der Waals surface area contributed by atoms with Crippen molar-refractivity contribution in [2.24, 2.45) is 34.0 Å². The van der Waals surface area contributed by atoms with Crippen LogP contribution in [0, 0.1) is 34.0 Å². The molecule has 0 radical (unpaired) electrons. The van der Waals surface area contributed by atoms with Crippen molar-refractivity contribution in [2.75, 3.05) is 13.2 Å². The number of aliphatic hydroxyl groups is 1. The molecule has 206 valence electrons. The van der Waals surface area contributed by atoms with E-state index in [0.717, 1.165) is 38.7 Å². The summed E-state index contributed by atoms with van der Waals surface area (Å²) in [5, 5.41) is 12.6. The van der Waals surface area contributed by atoms with Gasteiger partial charge in [0.2, 0.25) is 5.79 Å². The van der Waals surface area contributed by atoms with Crippen LogP contribution in [0.4, 0.5) is 0 Å². The Hall–Kier alpha value is -1.29. The molecule has 38 heavy (non-hydrogen) atoms. The molecule has 4 bridgehead atoms. The van der Waals surface area contributed by atoms with Crippen molar-refractivity contribution >= 4 is 17.5 Å². The van der Waals surface area contributed by atoms with Gasteiger partial charge in [0, 0.05) is 29.5 Å². The highest BCUT2D eigenvalue weighted by atomic mass is 32.1. The maximum absolute atomic E-state index is 12.5. The number of epoxide rings is 1. The molecule has 7 nitrogen and oxygen atoms in total. The second-order valence-electron chi connectivity index (χ2n) is 14.1. The Morgan fingerprint density at radius 3 is 2.53 bits per heavy atom. The van der Waals surface area contributed by atoms with Crippen LogP contribution in [-0.4, -0.2) is 59.0 Å². The SMILES string of the molecule is CC1(C)OC2[C@H]3CCC4[C@@]56CO[C@](O1)([C@@H](O)C5C(C)(C)CC[C@@H]6OC(=S)Oc1ccccc1)[C@@]24CC31CO1. The van der Waals surface area contributed by atoms with E-state index in [-0.39, 0.29) is 46.2 Å². The van der Waals surface area contributed by atoms with Crippen molar-refractivity contribution in [1.29, 1.82) is 0 Å². The van der Waals surface area contributed by atoms with Gasteiger partial charge in [0.05, 0.1) is 30.3 Å². The van der Waals surface area contributed by atoms with Gasteiger partial charge in [0.25, 0.3) is 0 Å². The first-order chi connectivity index (χ1) is 18.0. The molecule has 1 aromatic carbocycles. The number of ether oxygens (including phenoxy) is 6. The van der Waals surface area contributed by atoms with Crippen molar-refractivity contribution in [1.82, 2.24) is 0 Å². The van der Waals surface area contributed by atoms with E-state index < -0.39 is 28.5 Å². The Morgan fingerprint density at radius 1 is 1.03 bits per heavy atom. The van der Waals surface area contributed by atoms with Crippen LogP contribution in [-0.2, 0) is 23.7 Å². The van der Waals surface area contributed by atoms with Gasteiger partial charge in [-0.05, 0) is 69.4 Å². The highest BCUT2D eigenvalue weighted by Crippen LogP contribution is 2.82. The molecule has 8 fully saturated rings. The molecule has 4 heterocycles. The number of fused-ring (bicyclic) bond motifs is 2. The summed E-state index contributed by atoms with van der Waals surface area (Å²) in [6.45, 7) is 9.70. The molecule has 4 aliphatic carbocycles. The van der Waals surface area contributed by atoms with E-state index in [0.29, 0.717) is 12.4 Å². The molecule has 4 saturated heterocycles. The Bertz CT molecular complexity index is 1180. The largest absolute Gasteiger partial charge is 0.453 e. The molecule has 8 heteroatoms. The van der Waals surface area contributed by atoms with Gasteiger partial charge in [0.15, 0.2) is 5.79 Å². The Morgan fingerprint density at radius 2 is 1.79 bits per heavy atom. The van der Waals surface area contributed by atoms with E-state index in [1.54, 1.807) is 0 Å². The van der Waals surface area contributed by atoms with Gasteiger partial charge in [0.1, 0.15) is 18.0 Å². The number of thiocarbonyl (C=S) groups is 1. The van der Waals surface area contributed by atoms with E-state index in [2.05, 4.69) is 13.8 Å². The maximum Gasteiger partial charge on any atom is 0.358 e. The predicted octanol–water partition coefficient (Wildman–Crippen LogP) is 4.60. The first-order valence-electron chi connectivity index (χ1n) is 14.3. The van der Waals surface area contributed by atoms with Gasteiger partial charge in [-0.3, -0.25) is 0 Å². The van der Waals surface area contributed by atoms with E-state index in [1.807, 2.05) is 44.2 Å². The monoisotopic (exact) mass is 542 g/mol. The zero-order chi connectivity index (χ0) is 26.3. The summed E-state index contributed by atoms with van der Waals surface area (Å²) in [4.78, 5) is 0. The van der Waals surface area contributed by atoms with Gasteiger partial charge in [-0.2, -0.15) is 0 Å². The van der Waals surface area contributed by atoms with E-state index in [9.17, 15) is 5.11 Å². The third kappa shape index (κ3) is 2.75. The number of benzene rings is 1. The van der Waals surface area contributed by atoms with Crippen LogP contribution in [0.1, 0.15) is 59.8 Å². The molecule has 1 aromatic rings. The quantitative estimate of drug-likeness (QED) is 0.429. The predicted molar refractivity (Wildman–Crippen MR) is 140 cm³/mol. The lowest BCUT2D eigenvalue weighted by Gasteiger charge is -2.78. The third-order valence-electron chi connectivity index (χ3n) is 11.6. The van der Waals surface area contributed by atoms with Crippen LogP contribution in [0.5, 0.6) is 5.75 Å². The molecular weight excluding hydrogens is 504 g/mol. The smallest absolute Gasteiger partial charge is 0.358 e. The fraction of sp³-hybridized carbons (Fsp3) is 0.767. The van der Waals surface area contributed by atoms with Crippen LogP contribution >= 0.6 is 12.2 Å². The van der Waals surface area contributed by atoms with Gasteiger partial charge in [-0.25, -0.2) is 0 Å². The lowest BCUT2D eigenvalue weighted by Crippen LogP contribution is -2.87. The number of hydrogen-bond acceptors (Lipinski definition) is 8. The van der Waals surface area contributed by atoms with Crippen molar-refractivity contribution < 1.29 is 33.5 Å². The number of para-hydroxylation sites is 1. The molecule has 0 aromatic heterocycles. The average molecular weight is 543 g/mol. The summed E-state index contributed by atoms with van der Waals surface area (Å²) < 4.78 is 39.3. The highest BCUT2D eigenvalue weighted by molar-refractivity contribution is 7.79. The maximum atomic E-state index is 12.5. The van der Waals surface area contributed by atoms with Gasteiger partial charge < -0.3 is 33.5 Å². The van der Waals surface area contributed by atoms with Crippen molar-refractivity contribution in [3.63, 3.8) is 0 Å². The minimum Gasteiger partial charge on any atom is -0.453 e.